The number of rotatable bonds is 28. The van der Waals surface area contributed by atoms with Crippen LogP contribution in [0.2, 0.25) is 0 Å². The molecule has 0 aliphatic heterocycles. The first kappa shape index (κ1) is 83.2. The lowest BCUT2D eigenvalue weighted by Crippen LogP contribution is -2.48. The van der Waals surface area contributed by atoms with Gasteiger partial charge in [0.05, 0.1) is 28.4 Å². The van der Waals surface area contributed by atoms with Gasteiger partial charge < -0.3 is 50.2 Å². The molecular formula is C71H122N10O10. The smallest absolute Gasteiger partial charge is 0.249 e. The third-order valence-corrected chi connectivity index (χ3v) is 16.2. The van der Waals surface area contributed by atoms with Gasteiger partial charge in [0.15, 0.2) is 0 Å². The minimum Gasteiger partial charge on any atom is -0.370 e. The summed E-state index contributed by atoms with van der Waals surface area (Å²) in [4.78, 5) is 133. The van der Waals surface area contributed by atoms with Crippen molar-refractivity contribution in [3.8, 4) is 0 Å². The van der Waals surface area contributed by atoms with E-state index in [9.17, 15) is 47.9 Å². The van der Waals surface area contributed by atoms with Crippen LogP contribution in [0.25, 0.3) is 0 Å². The first-order valence-electron chi connectivity index (χ1n) is 33.0. The maximum absolute atomic E-state index is 11.9. The van der Waals surface area contributed by atoms with E-state index in [4.69, 9.17) is 5.73 Å². The molecule has 5 aromatic rings. The van der Waals surface area contributed by atoms with Crippen LogP contribution in [-0.4, -0.2) is 162 Å². The molecule has 0 unspecified atom stereocenters. The van der Waals surface area contributed by atoms with E-state index in [0.717, 1.165) is 111 Å². The summed E-state index contributed by atoms with van der Waals surface area (Å²) in [5.74, 6) is 0. The van der Waals surface area contributed by atoms with E-state index in [1.807, 2.05) is 159 Å². The van der Waals surface area contributed by atoms with Crippen LogP contribution in [0.3, 0.4) is 0 Å². The van der Waals surface area contributed by atoms with Crippen molar-refractivity contribution in [2.45, 2.75) is 191 Å². The second kappa shape index (κ2) is 35.5. The standard InChI is InChI=1S/C17H30N2O2.C16H28N2O2.C15H26N2O2.C12H20N2O2.C11H18N2O2/c1-7-9-19(10-8-2)12-11-18(6)14-13(17(3,4)5)15(20)16(14)21;1-7-9-18(8-2)11-10-17(6)13-12(16(3,4)5)14(19)15(13)20;1-7-8-16(5)9-10-17(6)12-11(15(2,3)4)13(18)14(12)19;1-12(2,3)8-9(11(16)10(8)15)14(5)7-6-13-4;1-11(2,3)7-8(10(15)9(7)14)13(4)6-5-12/h7-12H2,1-6H3;7-11H2,1-6H3;7-10H2,1-6H3;13H,6-7H2,1-5H3;5-6,12H2,1-4H3. The number of nitrogens with two attached hydrogens (primary N) is 1. The zero-order valence-corrected chi connectivity index (χ0v) is 61.7. The molecule has 0 atom stereocenters. The highest BCUT2D eigenvalue weighted by Crippen LogP contribution is 2.31. The Labute approximate surface area is 545 Å². The molecule has 0 spiro atoms. The topological polar surface area (TPSA) is 235 Å². The van der Waals surface area contributed by atoms with Crippen molar-refractivity contribution in [2.24, 2.45) is 5.73 Å². The van der Waals surface area contributed by atoms with E-state index >= 15 is 0 Å². The van der Waals surface area contributed by atoms with Crippen molar-refractivity contribution in [3.05, 3.63) is 130 Å². The Balaban J connectivity index is 0.000000572. The molecule has 0 aliphatic rings. The van der Waals surface area contributed by atoms with E-state index < -0.39 is 0 Å². The number of hydrogen-bond donors (Lipinski definition) is 2. The fraction of sp³-hybridized carbons (Fsp3) is 0.718. The van der Waals surface area contributed by atoms with Crippen LogP contribution in [0, 0.1) is 0 Å². The summed E-state index contributed by atoms with van der Waals surface area (Å²) in [5.41, 5.74) is 7.16. The molecule has 0 radical (unpaired) electrons. The van der Waals surface area contributed by atoms with Gasteiger partial charge in [0.2, 0.25) is 54.3 Å². The summed E-state index contributed by atoms with van der Waals surface area (Å²) in [7, 11) is 13.3. The Kier molecular flexibility index (Phi) is 32.4. The number of nitrogens with one attached hydrogen (secondary N) is 1. The van der Waals surface area contributed by atoms with E-state index in [1.54, 1.807) is 11.9 Å². The molecule has 0 aliphatic carbocycles. The molecule has 5 aromatic carbocycles. The lowest BCUT2D eigenvalue weighted by Gasteiger charge is -2.31. The molecule has 3 N–H and O–H groups in total. The van der Waals surface area contributed by atoms with Crippen molar-refractivity contribution in [1.82, 2.24) is 20.0 Å². The summed E-state index contributed by atoms with van der Waals surface area (Å²) in [6, 6.07) is 0. The Morgan fingerprint density at radius 3 is 0.758 bits per heavy atom. The molecule has 20 heteroatoms. The van der Waals surface area contributed by atoms with Crippen LogP contribution in [0.4, 0.5) is 28.4 Å². The highest BCUT2D eigenvalue weighted by molar-refractivity contribution is 5.64. The fourth-order valence-corrected chi connectivity index (χ4v) is 11.3. The molecule has 5 rings (SSSR count). The van der Waals surface area contributed by atoms with Crippen molar-refractivity contribution in [2.75, 3.05) is 172 Å². The third-order valence-electron chi connectivity index (χ3n) is 16.2. The van der Waals surface area contributed by atoms with Gasteiger partial charge in [-0.1, -0.05) is 138 Å². The van der Waals surface area contributed by atoms with Gasteiger partial charge in [-0.05, 0) is 99.6 Å². The second-order valence-electron chi connectivity index (χ2n) is 29.7. The van der Waals surface area contributed by atoms with Crippen molar-refractivity contribution >= 4 is 28.4 Å². The first-order chi connectivity index (χ1) is 41.8. The lowest BCUT2D eigenvalue weighted by atomic mass is 9.82. The molecule has 0 saturated carbocycles. The average Bonchev–Trinajstić information content (AvgIpc) is 0.800. The van der Waals surface area contributed by atoms with Gasteiger partial charge in [-0.3, -0.25) is 47.9 Å². The number of hydrogen-bond acceptors (Lipinski definition) is 20. The van der Waals surface area contributed by atoms with Crippen molar-refractivity contribution in [3.63, 3.8) is 0 Å². The van der Waals surface area contributed by atoms with Crippen LogP contribution >= 0.6 is 0 Å². The highest BCUT2D eigenvalue weighted by atomic mass is 16.2. The SMILES string of the molecule is CCCN(C)CCN(C)c1c(C(C)(C)C)c(=O)c1=O.CCCN(CC)CCN(C)c1c(C(C)(C)C)c(=O)c1=O.CCCN(CCC)CCN(C)c1c(C(C)(C)C)c(=O)c1=O.CN(CCN)c1c(C(C)(C)C)c(=O)c1=O.CNCCN(C)c1c(C(C)(C)C)c(=O)c1=O. The lowest BCUT2D eigenvalue weighted by molar-refractivity contribution is 0.281. The van der Waals surface area contributed by atoms with Gasteiger partial charge in [-0.25, -0.2) is 0 Å². The normalized spacial score (nSPS) is 12.3. The van der Waals surface area contributed by atoms with Crippen LogP contribution in [0.1, 0.15) is 192 Å². The van der Waals surface area contributed by atoms with Gasteiger partial charge in [0.25, 0.3) is 0 Å². The molecule has 0 amide bonds. The summed E-state index contributed by atoms with van der Waals surface area (Å²) < 4.78 is 0. The molecule has 91 heavy (non-hydrogen) atoms. The minimum atomic E-state index is -0.379. The maximum Gasteiger partial charge on any atom is 0.249 e. The average molecular weight is 1280 g/mol. The zero-order valence-electron chi connectivity index (χ0n) is 61.7. The molecule has 0 fully saturated rings. The van der Waals surface area contributed by atoms with E-state index in [1.165, 1.54) is 0 Å². The van der Waals surface area contributed by atoms with Gasteiger partial charge in [0, 0.05) is 129 Å². The molecule has 0 saturated heterocycles. The van der Waals surface area contributed by atoms with E-state index in [2.05, 4.69) is 61.7 Å². The summed E-state index contributed by atoms with van der Waals surface area (Å²) in [6.07, 6.45) is 4.52. The van der Waals surface area contributed by atoms with Crippen LogP contribution in [0.15, 0.2) is 47.9 Å². The Hall–Kier alpha value is -5.80. The highest BCUT2D eigenvalue weighted by Gasteiger charge is 2.36. The summed E-state index contributed by atoms with van der Waals surface area (Å²) in [6.45, 7) is 53.3. The number of likely N-dealkylation sites (N-methyl/N-ethyl adjacent to an activating group) is 8. The maximum atomic E-state index is 11.9. The van der Waals surface area contributed by atoms with Crippen molar-refractivity contribution < 1.29 is 0 Å². The molecule has 0 heterocycles. The Morgan fingerprint density at radius 2 is 0.527 bits per heavy atom. The second-order valence-corrected chi connectivity index (χ2v) is 29.7. The van der Waals surface area contributed by atoms with Gasteiger partial charge >= 0.3 is 0 Å². The third kappa shape index (κ3) is 22.2. The predicted octanol–water partition coefficient (Wildman–Crippen LogP) is 5.46. The van der Waals surface area contributed by atoms with Crippen molar-refractivity contribution in [1.29, 1.82) is 0 Å². The zero-order chi connectivity index (χ0) is 70.8. The summed E-state index contributed by atoms with van der Waals surface area (Å²) in [5, 5.41) is 3.02. The predicted molar refractivity (Wildman–Crippen MR) is 387 cm³/mol. The van der Waals surface area contributed by atoms with Crippen LogP contribution in [0.5, 0.6) is 0 Å². The largest absolute Gasteiger partial charge is 0.370 e. The van der Waals surface area contributed by atoms with Gasteiger partial charge in [-0.15, -0.1) is 0 Å². The summed E-state index contributed by atoms with van der Waals surface area (Å²) >= 11 is 0. The first-order valence-corrected chi connectivity index (χ1v) is 33.0. The van der Waals surface area contributed by atoms with Crippen LogP contribution in [-0.2, 0) is 27.1 Å². The number of nitrogens with zero attached hydrogens (tertiary/aromatic N) is 8. The minimum absolute atomic E-state index is 0.256. The fourth-order valence-electron chi connectivity index (χ4n) is 11.3. The van der Waals surface area contributed by atoms with E-state index in [0.29, 0.717) is 69.3 Å². The molecule has 0 bridgehead atoms. The quantitative estimate of drug-likeness (QED) is 0.0592. The Morgan fingerprint density at radius 1 is 0.297 bits per heavy atom. The molecule has 0 aromatic heterocycles. The van der Waals surface area contributed by atoms with Crippen LogP contribution < -0.4 is 89.8 Å². The Bertz CT molecular complexity index is 3420. The van der Waals surface area contributed by atoms with E-state index in [-0.39, 0.29) is 81.4 Å². The van der Waals surface area contributed by atoms with Gasteiger partial charge in [-0.2, -0.15) is 0 Å². The van der Waals surface area contributed by atoms with Gasteiger partial charge in [0.1, 0.15) is 0 Å². The molecule has 20 nitrogen and oxygen atoms in total. The molecular weight excluding hydrogens is 1150 g/mol. The molecule has 516 valence electrons. The monoisotopic (exact) mass is 1270 g/mol. The number of anilines is 5.